The number of hydrogen-bond acceptors (Lipinski definition) is 8. The fourth-order valence-electron chi connectivity index (χ4n) is 4.79. The number of benzene rings is 2. The second-order valence-corrected chi connectivity index (χ2v) is 13.4. The first-order valence-corrected chi connectivity index (χ1v) is 17.4. The number of halogens is 3. The first-order chi connectivity index (χ1) is 22.4. The molecule has 0 aliphatic heterocycles. The predicted molar refractivity (Wildman–Crippen MR) is 177 cm³/mol. The van der Waals surface area contributed by atoms with Crippen molar-refractivity contribution in [1.82, 2.24) is 30.9 Å². The van der Waals surface area contributed by atoms with Crippen molar-refractivity contribution < 1.29 is 36.6 Å². The predicted octanol–water partition coefficient (Wildman–Crippen LogP) is 3.06. The van der Waals surface area contributed by atoms with Crippen molar-refractivity contribution in [3.63, 3.8) is 0 Å². The highest BCUT2D eigenvalue weighted by Crippen LogP contribution is 2.42. The van der Waals surface area contributed by atoms with E-state index in [0.29, 0.717) is 36.1 Å². The minimum absolute atomic E-state index is 0.0311. The van der Waals surface area contributed by atoms with Gasteiger partial charge in [-0.2, -0.15) is 0 Å². The maximum atomic E-state index is 15.1. The largest absolute Gasteiger partial charge is 0.481 e. The molecule has 0 heterocycles. The number of fused-ring (bicyclic) bond motifs is 1. The Morgan fingerprint density at radius 2 is 1.55 bits per heavy atom. The van der Waals surface area contributed by atoms with E-state index in [9.17, 15) is 18.0 Å². The fraction of sp³-hybridized carbons (Fsp3) is 0.533. The number of urea groups is 2. The summed E-state index contributed by atoms with van der Waals surface area (Å²) in [7, 11) is 1.32. The SMILES string of the molecule is CNC(=O)NCCCCNC(=O)NCCOCCOCCNS(=O)(=O)c1ccc(O[C@H]2c3cc(Cl)cc(Cl)c3C[C@@H]2N(C)C)c(F)c1. The van der Waals surface area contributed by atoms with Gasteiger partial charge in [0.05, 0.1) is 37.4 Å². The topological polar surface area (TPSA) is 159 Å². The summed E-state index contributed by atoms with van der Waals surface area (Å²) in [5.74, 6) is -0.910. The Bertz CT molecular complexity index is 1450. The smallest absolute Gasteiger partial charge is 0.314 e. The van der Waals surface area contributed by atoms with Crippen LogP contribution in [0.4, 0.5) is 14.0 Å². The number of rotatable bonds is 19. The normalized spacial score (nSPS) is 15.7. The van der Waals surface area contributed by atoms with Gasteiger partial charge in [-0.15, -0.1) is 0 Å². The fourth-order valence-corrected chi connectivity index (χ4v) is 6.40. The van der Waals surface area contributed by atoms with Crippen LogP contribution >= 0.6 is 23.2 Å². The molecule has 4 amide bonds. The summed E-state index contributed by atoms with van der Waals surface area (Å²) in [5.41, 5.74) is 1.65. The third-order valence-electron chi connectivity index (χ3n) is 7.24. The van der Waals surface area contributed by atoms with E-state index in [-0.39, 0.29) is 61.7 Å². The van der Waals surface area contributed by atoms with Gasteiger partial charge in [0.15, 0.2) is 11.6 Å². The highest BCUT2D eigenvalue weighted by molar-refractivity contribution is 7.89. The summed E-state index contributed by atoms with van der Waals surface area (Å²) in [5, 5.41) is 11.5. The lowest BCUT2D eigenvalue weighted by Crippen LogP contribution is -2.38. The van der Waals surface area contributed by atoms with Gasteiger partial charge in [-0.3, -0.25) is 0 Å². The summed E-state index contributed by atoms with van der Waals surface area (Å²) in [4.78, 5) is 24.5. The third-order valence-corrected chi connectivity index (χ3v) is 9.25. The summed E-state index contributed by atoms with van der Waals surface area (Å²) in [6.07, 6.45) is 1.49. The van der Waals surface area contributed by atoms with Crippen LogP contribution in [0.3, 0.4) is 0 Å². The molecule has 1 aliphatic carbocycles. The van der Waals surface area contributed by atoms with Gasteiger partial charge in [0.25, 0.3) is 0 Å². The number of unbranched alkanes of at least 4 members (excludes halogenated alkanes) is 1. The highest BCUT2D eigenvalue weighted by atomic mass is 35.5. The van der Waals surface area contributed by atoms with Crippen molar-refractivity contribution in [2.45, 2.75) is 36.3 Å². The number of carbonyl (C=O) groups is 2. The zero-order valence-electron chi connectivity index (χ0n) is 26.7. The monoisotopic (exact) mass is 720 g/mol. The van der Waals surface area contributed by atoms with Gasteiger partial charge in [-0.25, -0.2) is 27.1 Å². The van der Waals surface area contributed by atoms with E-state index in [1.165, 1.54) is 12.1 Å². The van der Waals surface area contributed by atoms with Crippen LogP contribution < -0.4 is 30.7 Å². The molecular weight excluding hydrogens is 678 g/mol. The lowest BCUT2D eigenvalue weighted by atomic mass is 10.1. The van der Waals surface area contributed by atoms with Crippen molar-refractivity contribution in [1.29, 1.82) is 0 Å². The Labute approximate surface area is 285 Å². The van der Waals surface area contributed by atoms with Crippen molar-refractivity contribution in [2.75, 3.05) is 73.7 Å². The van der Waals surface area contributed by atoms with E-state index in [4.69, 9.17) is 37.4 Å². The number of hydrogen-bond donors (Lipinski definition) is 5. The van der Waals surface area contributed by atoms with E-state index in [2.05, 4.69) is 26.0 Å². The summed E-state index contributed by atoms with van der Waals surface area (Å²) >= 11 is 12.6. The summed E-state index contributed by atoms with van der Waals surface area (Å²) in [6.45, 7) is 2.09. The quantitative estimate of drug-likeness (QED) is 0.139. The van der Waals surface area contributed by atoms with Crippen LogP contribution in [0, 0.1) is 5.82 Å². The lowest BCUT2D eigenvalue weighted by Gasteiger charge is -2.27. The third kappa shape index (κ3) is 12.2. The molecule has 0 radical (unpaired) electrons. The number of carbonyl (C=O) groups excluding carboxylic acids is 2. The van der Waals surface area contributed by atoms with Crippen LogP contribution in [-0.4, -0.2) is 105 Å². The van der Waals surface area contributed by atoms with E-state index in [1.54, 1.807) is 19.2 Å². The molecule has 2 aromatic rings. The van der Waals surface area contributed by atoms with Crippen molar-refractivity contribution in [2.24, 2.45) is 0 Å². The van der Waals surface area contributed by atoms with Crippen LogP contribution in [0.1, 0.15) is 30.1 Å². The molecule has 5 N–H and O–H groups in total. The van der Waals surface area contributed by atoms with E-state index in [0.717, 1.165) is 30.0 Å². The van der Waals surface area contributed by atoms with Crippen LogP contribution in [-0.2, 0) is 25.9 Å². The molecule has 262 valence electrons. The van der Waals surface area contributed by atoms with E-state index < -0.39 is 21.9 Å². The maximum Gasteiger partial charge on any atom is 0.314 e. The molecule has 0 saturated heterocycles. The molecule has 47 heavy (non-hydrogen) atoms. The summed E-state index contributed by atoms with van der Waals surface area (Å²) in [6, 6.07) is 6.22. The molecule has 0 spiro atoms. The number of likely N-dealkylation sites (N-methyl/N-ethyl adjacent to an activating group) is 1. The number of ether oxygens (including phenoxy) is 3. The zero-order valence-corrected chi connectivity index (χ0v) is 29.0. The molecule has 0 aromatic heterocycles. The van der Waals surface area contributed by atoms with Crippen LogP contribution in [0.25, 0.3) is 0 Å². The van der Waals surface area contributed by atoms with Crippen LogP contribution in [0.5, 0.6) is 5.75 Å². The van der Waals surface area contributed by atoms with Gasteiger partial charge in [0, 0.05) is 48.8 Å². The highest BCUT2D eigenvalue weighted by Gasteiger charge is 2.38. The van der Waals surface area contributed by atoms with Gasteiger partial charge < -0.3 is 40.4 Å². The minimum Gasteiger partial charge on any atom is -0.481 e. The van der Waals surface area contributed by atoms with Gasteiger partial charge in [-0.1, -0.05) is 23.2 Å². The molecule has 0 unspecified atom stereocenters. The molecule has 2 aromatic carbocycles. The first-order valence-electron chi connectivity index (χ1n) is 15.2. The molecule has 13 nitrogen and oxygen atoms in total. The number of amides is 4. The van der Waals surface area contributed by atoms with Gasteiger partial charge in [0.1, 0.15) is 6.10 Å². The van der Waals surface area contributed by atoms with Gasteiger partial charge >= 0.3 is 12.1 Å². The molecule has 0 saturated carbocycles. The first kappa shape index (κ1) is 38.5. The molecule has 3 rings (SSSR count). The average Bonchev–Trinajstić information content (AvgIpc) is 3.39. The van der Waals surface area contributed by atoms with Crippen molar-refractivity contribution in [3.8, 4) is 5.75 Å². The zero-order chi connectivity index (χ0) is 34.4. The average molecular weight is 722 g/mol. The molecule has 2 atom stereocenters. The van der Waals surface area contributed by atoms with Crippen LogP contribution in [0.15, 0.2) is 35.2 Å². The lowest BCUT2D eigenvalue weighted by molar-refractivity contribution is 0.0516. The number of sulfonamides is 1. The summed E-state index contributed by atoms with van der Waals surface area (Å²) < 4.78 is 59.9. The van der Waals surface area contributed by atoms with E-state index >= 15 is 4.39 Å². The molecule has 0 fully saturated rings. The van der Waals surface area contributed by atoms with E-state index in [1.807, 2.05) is 19.0 Å². The second kappa shape index (κ2) is 19.2. The Balaban J connectivity index is 1.32. The molecule has 0 bridgehead atoms. The molecule has 17 heteroatoms. The Morgan fingerprint density at radius 1 is 0.915 bits per heavy atom. The second-order valence-electron chi connectivity index (χ2n) is 10.8. The molecule has 1 aliphatic rings. The van der Waals surface area contributed by atoms with Gasteiger partial charge in [0.2, 0.25) is 10.0 Å². The van der Waals surface area contributed by atoms with Crippen molar-refractivity contribution in [3.05, 3.63) is 57.3 Å². The van der Waals surface area contributed by atoms with Crippen molar-refractivity contribution >= 4 is 45.3 Å². The standard InChI is InChI=1S/C30H43Cl2FN6O7S/c1-34-29(40)35-8-4-5-9-36-30(41)37-10-12-44-14-15-45-13-11-38-47(42,43)21-6-7-27(25(33)18-21)46-28-23-16-20(31)17-24(32)22(23)19-26(28)39(2)3/h6-7,16-18,26,28,38H,4-5,8-15,19H2,1-3H3,(H2,34,35,40)(H2,36,37,41)/t26-,28-/m0/s1. The minimum atomic E-state index is -4.01. The Hall–Kier alpha value is -2.92. The number of nitrogens with one attached hydrogen (secondary N) is 5. The Kier molecular flexibility index (Phi) is 15.7. The maximum absolute atomic E-state index is 15.1. The number of nitrogens with zero attached hydrogens (tertiary/aromatic N) is 1. The Morgan fingerprint density at radius 3 is 2.19 bits per heavy atom. The molecular formula is C30H43Cl2FN6O7S. The van der Waals surface area contributed by atoms with Crippen LogP contribution in [0.2, 0.25) is 10.0 Å². The van der Waals surface area contributed by atoms with Gasteiger partial charge in [-0.05, 0) is 69.3 Å².